The number of benzene rings is 1. The number of likely N-dealkylation sites (tertiary alicyclic amines) is 1. The average Bonchev–Trinajstić information content (AvgIpc) is 3.76. The summed E-state index contributed by atoms with van der Waals surface area (Å²) in [5.74, 6) is -8.62. The third-order valence-electron chi connectivity index (χ3n) is 11.3. The van der Waals surface area contributed by atoms with Crippen molar-refractivity contribution in [1.82, 2.24) is 34.2 Å². The second-order valence-corrected chi connectivity index (χ2v) is 15.5. The van der Waals surface area contributed by atoms with Gasteiger partial charge in [0.1, 0.15) is 28.7 Å². The molecule has 1 saturated carbocycles. The highest BCUT2D eigenvalue weighted by Crippen LogP contribution is 2.44. The van der Waals surface area contributed by atoms with Gasteiger partial charge in [-0.1, -0.05) is 0 Å². The van der Waals surface area contributed by atoms with Crippen molar-refractivity contribution < 1.29 is 36.7 Å². The molecule has 3 aliphatic rings. The van der Waals surface area contributed by atoms with Crippen LogP contribution in [0.2, 0.25) is 0 Å². The number of nitrogens with one attached hydrogen (secondary N) is 2. The van der Waals surface area contributed by atoms with Gasteiger partial charge in [0.2, 0.25) is 11.8 Å². The lowest BCUT2D eigenvalue weighted by Crippen LogP contribution is -2.49. The lowest BCUT2D eigenvalue weighted by Gasteiger charge is -2.41. The summed E-state index contributed by atoms with van der Waals surface area (Å²) in [7, 11) is 0. The number of anilines is 1. The van der Waals surface area contributed by atoms with E-state index in [9.17, 15) is 14.4 Å². The fourth-order valence-corrected chi connectivity index (χ4v) is 8.52. The van der Waals surface area contributed by atoms with E-state index in [-0.39, 0.29) is 48.7 Å². The Balaban J connectivity index is 0.899. The second kappa shape index (κ2) is 14.9. The number of carbonyl (C=O) groups is 3. The molecule has 3 fully saturated rings. The zero-order valence-electron chi connectivity index (χ0n) is 31.0. The van der Waals surface area contributed by atoms with Crippen molar-refractivity contribution in [2.24, 2.45) is 5.92 Å². The van der Waals surface area contributed by atoms with Crippen molar-refractivity contribution in [2.75, 3.05) is 25.0 Å². The summed E-state index contributed by atoms with van der Waals surface area (Å²) in [4.78, 5) is 48.3. The molecule has 1 aromatic carbocycles. The maximum absolute atomic E-state index is 15.7. The first-order chi connectivity index (χ1) is 26.8. The molecule has 56 heavy (non-hydrogen) atoms. The number of hydrogen-bond donors (Lipinski definition) is 2. The Morgan fingerprint density at radius 2 is 1.80 bits per heavy atom. The van der Waals surface area contributed by atoms with Gasteiger partial charge in [-0.15, -0.1) is 0 Å². The van der Waals surface area contributed by atoms with Gasteiger partial charge in [-0.05, 0) is 88.6 Å². The minimum absolute atomic E-state index is 0.0134. The van der Waals surface area contributed by atoms with E-state index in [4.69, 9.17) is 9.72 Å². The number of rotatable bonds is 9. The number of fused-ring (bicyclic) bond motifs is 2. The summed E-state index contributed by atoms with van der Waals surface area (Å²) >= 11 is 0. The van der Waals surface area contributed by atoms with Crippen molar-refractivity contribution in [1.29, 1.82) is 0 Å². The molecular formula is C40H42F4N8O4. The maximum Gasteiger partial charge on any atom is 0.267 e. The molecule has 294 valence electrons. The number of pyridine rings is 1. The van der Waals surface area contributed by atoms with Gasteiger partial charge < -0.3 is 14.5 Å². The van der Waals surface area contributed by atoms with Gasteiger partial charge in [-0.3, -0.25) is 24.6 Å². The molecule has 1 aliphatic carbocycles. The smallest absolute Gasteiger partial charge is 0.267 e. The molecule has 2 N–H and O–H groups in total. The molecule has 6 heterocycles. The molecule has 2 unspecified atom stereocenters. The molecule has 2 atom stereocenters. The Morgan fingerprint density at radius 1 is 1.04 bits per heavy atom. The second-order valence-electron chi connectivity index (χ2n) is 15.5. The molecule has 3 amide bonds. The summed E-state index contributed by atoms with van der Waals surface area (Å²) in [5, 5.41) is 9.27. The molecular weight excluding hydrogens is 732 g/mol. The Labute approximate surface area is 319 Å². The van der Waals surface area contributed by atoms with Crippen LogP contribution >= 0.6 is 0 Å². The van der Waals surface area contributed by atoms with E-state index in [1.165, 1.54) is 6.20 Å². The number of ether oxygens (including phenoxy) is 1. The average molecular weight is 775 g/mol. The van der Waals surface area contributed by atoms with Crippen LogP contribution in [0.1, 0.15) is 104 Å². The highest BCUT2D eigenvalue weighted by Gasteiger charge is 2.47. The number of carbonyl (C=O) groups excluding carboxylic acids is 3. The van der Waals surface area contributed by atoms with Crippen molar-refractivity contribution in [2.45, 2.75) is 88.6 Å². The van der Waals surface area contributed by atoms with Crippen molar-refractivity contribution in [3.63, 3.8) is 0 Å². The van der Waals surface area contributed by atoms with E-state index < -0.39 is 53.3 Å². The topological polar surface area (TPSA) is 135 Å². The fraction of sp³-hybridized carbons (Fsp3) is 0.450. The first-order valence-electron chi connectivity index (χ1n) is 19.0. The zero-order chi connectivity index (χ0) is 39.3. The molecule has 2 saturated heterocycles. The molecule has 4 aromatic heterocycles. The maximum atomic E-state index is 15.7. The van der Waals surface area contributed by atoms with E-state index >= 15 is 17.6 Å². The largest absolute Gasteiger partial charge is 0.490 e. The van der Waals surface area contributed by atoms with Gasteiger partial charge in [-0.25, -0.2) is 32.0 Å². The van der Waals surface area contributed by atoms with Crippen LogP contribution < -0.4 is 15.4 Å². The number of alkyl halides is 2. The van der Waals surface area contributed by atoms with Crippen LogP contribution in [-0.2, 0) is 9.59 Å². The number of imidazole rings is 1. The zero-order valence-corrected chi connectivity index (χ0v) is 31.0. The summed E-state index contributed by atoms with van der Waals surface area (Å²) in [6, 6.07) is 5.15. The van der Waals surface area contributed by atoms with E-state index in [2.05, 4.69) is 20.7 Å². The predicted octanol–water partition coefficient (Wildman–Crippen LogP) is 6.61. The molecule has 8 rings (SSSR count). The Kier molecular flexibility index (Phi) is 10.0. The van der Waals surface area contributed by atoms with Gasteiger partial charge in [0.05, 0.1) is 41.9 Å². The number of halogens is 4. The SMILES string of the molecule is CC(C)Oc1cc2nc(C3CCC(CN4CCC(c5cc(F)c(C6CCC(=O)NC6=O)cc5F)C(F)(F)C4)CC3)cn2cc1C(=O)Nc1cnn2cccnc12. The molecule has 0 radical (unpaired) electrons. The minimum atomic E-state index is -3.30. The summed E-state index contributed by atoms with van der Waals surface area (Å²) in [5.41, 5.74) is 2.20. The highest BCUT2D eigenvalue weighted by atomic mass is 19.3. The summed E-state index contributed by atoms with van der Waals surface area (Å²) < 4.78 is 71.3. The van der Waals surface area contributed by atoms with Crippen molar-refractivity contribution in [3.8, 4) is 5.75 Å². The Bertz CT molecular complexity index is 2320. The van der Waals surface area contributed by atoms with Gasteiger partial charge >= 0.3 is 0 Å². The van der Waals surface area contributed by atoms with Crippen molar-refractivity contribution >= 4 is 34.7 Å². The van der Waals surface area contributed by atoms with Crippen LogP contribution in [0.15, 0.2) is 55.2 Å². The summed E-state index contributed by atoms with van der Waals surface area (Å²) in [6.45, 7) is 3.98. The van der Waals surface area contributed by atoms with Gasteiger partial charge in [-0.2, -0.15) is 5.10 Å². The van der Waals surface area contributed by atoms with Crippen LogP contribution in [0, 0.1) is 17.6 Å². The van der Waals surface area contributed by atoms with Crippen LogP contribution in [0.3, 0.4) is 0 Å². The van der Waals surface area contributed by atoms with E-state index in [1.807, 2.05) is 24.4 Å². The van der Waals surface area contributed by atoms with Crippen LogP contribution in [-0.4, -0.2) is 78.3 Å². The van der Waals surface area contributed by atoms with Crippen LogP contribution in [0.5, 0.6) is 5.75 Å². The lowest BCUT2D eigenvalue weighted by atomic mass is 9.79. The highest BCUT2D eigenvalue weighted by molar-refractivity contribution is 6.07. The standard InChI is InChI=1S/C40H42F4N8O4/c1-22(2)56-34-16-35-47-33(20-51(35)19-28(34)39(55)48-32-17-46-52-12-3-11-45-37(32)52)24-6-4-23(5-7-24)18-50-13-10-29(40(43,44)21-50)27-15-30(41)26(14-31(27)42)25-8-9-36(53)49-38(25)54/h3,11-12,14-17,19-20,22-25,29H,4-10,13,18,21H2,1-2H3,(H,48,55)(H,49,53,54). The number of piperidine rings is 2. The van der Waals surface area contributed by atoms with Crippen LogP contribution in [0.4, 0.5) is 23.2 Å². The van der Waals surface area contributed by atoms with Gasteiger partial charge in [0.25, 0.3) is 11.8 Å². The third kappa shape index (κ3) is 7.45. The number of aromatic nitrogens is 5. The van der Waals surface area contributed by atoms with Crippen LogP contribution in [0.25, 0.3) is 11.3 Å². The fourth-order valence-electron chi connectivity index (χ4n) is 8.52. The van der Waals surface area contributed by atoms with E-state index in [0.29, 0.717) is 41.4 Å². The normalized spacial score (nSPS) is 23.1. The Hall–Kier alpha value is -5.38. The quantitative estimate of drug-likeness (QED) is 0.126. The molecule has 0 spiro atoms. The lowest BCUT2D eigenvalue weighted by molar-refractivity contribution is -0.134. The van der Waals surface area contributed by atoms with E-state index in [0.717, 1.165) is 43.5 Å². The number of imide groups is 1. The molecule has 16 heteroatoms. The molecule has 12 nitrogen and oxygen atoms in total. The first kappa shape index (κ1) is 37.5. The van der Waals surface area contributed by atoms with Gasteiger partial charge in [0, 0.05) is 55.3 Å². The first-order valence-corrected chi connectivity index (χ1v) is 19.0. The number of nitrogens with zero attached hydrogens (tertiary/aromatic N) is 6. The monoisotopic (exact) mass is 774 g/mol. The Morgan fingerprint density at radius 3 is 2.55 bits per heavy atom. The number of amides is 3. The predicted molar refractivity (Wildman–Crippen MR) is 197 cm³/mol. The molecule has 0 bridgehead atoms. The van der Waals surface area contributed by atoms with E-state index in [1.54, 1.807) is 40.1 Å². The minimum Gasteiger partial charge on any atom is -0.490 e. The van der Waals surface area contributed by atoms with Crippen molar-refractivity contribution in [3.05, 3.63) is 89.3 Å². The van der Waals surface area contributed by atoms with Gasteiger partial charge in [0.15, 0.2) is 5.65 Å². The molecule has 5 aromatic rings. The summed E-state index contributed by atoms with van der Waals surface area (Å²) in [6.07, 6.45) is 11.6. The molecule has 2 aliphatic heterocycles. The third-order valence-corrected chi connectivity index (χ3v) is 11.3. The number of hydrogen-bond acceptors (Lipinski definition) is 8.